The van der Waals surface area contributed by atoms with Crippen LogP contribution in [0.3, 0.4) is 0 Å². The van der Waals surface area contributed by atoms with E-state index in [0.29, 0.717) is 23.3 Å². The van der Waals surface area contributed by atoms with Gasteiger partial charge in [0.2, 0.25) is 0 Å². The van der Waals surface area contributed by atoms with Crippen molar-refractivity contribution >= 4 is 23.4 Å². The van der Waals surface area contributed by atoms with E-state index < -0.39 is 23.8 Å². The largest absolute Gasteiger partial charge is 0.468 e. The summed E-state index contributed by atoms with van der Waals surface area (Å²) in [5.41, 5.74) is 4.21. The molecule has 0 aromatic heterocycles. The van der Waals surface area contributed by atoms with Crippen molar-refractivity contribution in [3.63, 3.8) is 0 Å². The van der Waals surface area contributed by atoms with E-state index in [0.717, 1.165) is 42.6 Å². The van der Waals surface area contributed by atoms with Gasteiger partial charge in [-0.05, 0) is 62.6 Å². The van der Waals surface area contributed by atoms with Crippen LogP contribution < -0.4 is 10.2 Å². The number of hydrogen-bond donors (Lipinski definition) is 1. The second-order valence-corrected chi connectivity index (χ2v) is 9.83. The number of carbonyl (C=O) groups excluding carboxylic acids is 3. The average molecular weight is 467 g/mol. The Balaban J connectivity index is 1.80. The molecule has 2 aliphatic carbocycles. The summed E-state index contributed by atoms with van der Waals surface area (Å²) in [5.74, 6) is -2.91. The lowest BCUT2D eigenvalue weighted by molar-refractivity contribution is -0.151. The van der Waals surface area contributed by atoms with Gasteiger partial charge < -0.3 is 19.7 Å². The summed E-state index contributed by atoms with van der Waals surface area (Å²) >= 11 is 0. The number of carbonyl (C=O) groups is 3. The van der Waals surface area contributed by atoms with Gasteiger partial charge in [-0.25, -0.2) is 4.79 Å². The van der Waals surface area contributed by atoms with Gasteiger partial charge in [0.05, 0.1) is 12.7 Å². The van der Waals surface area contributed by atoms with Gasteiger partial charge >= 0.3 is 11.9 Å². The minimum atomic E-state index is -0.889. The molecule has 1 aromatic carbocycles. The van der Waals surface area contributed by atoms with E-state index in [9.17, 15) is 14.4 Å². The number of ether oxygens (including phenoxy) is 2. The molecular formula is C27H34N2O5. The van der Waals surface area contributed by atoms with Gasteiger partial charge in [-0.2, -0.15) is 0 Å². The fraction of sp³-hybridized carbons (Fsp3) is 0.519. The van der Waals surface area contributed by atoms with Crippen LogP contribution in [-0.4, -0.2) is 45.0 Å². The fourth-order valence-electron chi connectivity index (χ4n) is 5.47. The van der Waals surface area contributed by atoms with Crippen LogP contribution in [0.5, 0.6) is 0 Å². The van der Waals surface area contributed by atoms with E-state index in [1.165, 1.54) is 7.11 Å². The summed E-state index contributed by atoms with van der Waals surface area (Å²) in [6, 6.07) is 7.84. The Kier molecular flexibility index (Phi) is 6.82. The molecule has 0 amide bonds. The molecule has 1 heterocycles. The minimum Gasteiger partial charge on any atom is -0.468 e. The zero-order valence-electron chi connectivity index (χ0n) is 20.6. The van der Waals surface area contributed by atoms with Gasteiger partial charge in [0.1, 0.15) is 12.0 Å². The number of anilines is 1. The van der Waals surface area contributed by atoms with E-state index >= 15 is 0 Å². The number of Topliss-reactive ketones (excluding diaryl/α,β-unsaturated/α-hetero) is 1. The van der Waals surface area contributed by atoms with Gasteiger partial charge in [-0.15, -0.1) is 0 Å². The van der Waals surface area contributed by atoms with E-state index in [4.69, 9.17) is 9.47 Å². The van der Waals surface area contributed by atoms with Gasteiger partial charge in [0.15, 0.2) is 5.78 Å². The second-order valence-electron chi connectivity index (χ2n) is 9.83. The predicted octanol–water partition coefficient (Wildman–Crippen LogP) is 3.85. The lowest BCUT2D eigenvalue weighted by Crippen LogP contribution is -2.43. The highest BCUT2D eigenvalue weighted by Crippen LogP contribution is 2.46. The fourth-order valence-corrected chi connectivity index (χ4v) is 5.47. The highest BCUT2D eigenvalue weighted by atomic mass is 16.5. The maximum Gasteiger partial charge on any atom is 0.337 e. The number of ketones is 1. The van der Waals surface area contributed by atoms with E-state index in [1.54, 1.807) is 0 Å². The zero-order valence-corrected chi connectivity index (χ0v) is 20.6. The average Bonchev–Trinajstić information content (AvgIpc) is 3.30. The van der Waals surface area contributed by atoms with Crippen LogP contribution in [0.4, 0.5) is 5.69 Å². The third kappa shape index (κ3) is 4.36. The Hall–Kier alpha value is -3.09. The quantitative estimate of drug-likeness (QED) is 0.521. The van der Waals surface area contributed by atoms with Crippen molar-refractivity contribution in [3.05, 3.63) is 52.4 Å². The minimum absolute atomic E-state index is 0.0927. The molecule has 3 atom stereocenters. The van der Waals surface area contributed by atoms with Gasteiger partial charge in [-0.1, -0.05) is 19.1 Å². The Morgan fingerprint density at radius 3 is 2.32 bits per heavy atom. The number of rotatable bonds is 5. The number of benzene rings is 1. The molecule has 0 saturated heterocycles. The Labute approximate surface area is 201 Å². The van der Waals surface area contributed by atoms with Gasteiger partial charge in [-0.3, -0.25) is 9.59 Å². The summed E-state index contributed by atoms with van der Waals surface area (Å²) in [5, 5.41) is 3.32. The van der Waals surface area contributed by atoms with Gasteiger partial charge in [0.25, 0.3) is 0 Å². The first-order chi connectivity index (χ1) is 16.2. The van der Waals surface area contributed by atoms with E-state index in [1.807, 2.05) is 57.1 Å². The summed E-state index contributed by atoms with van der Waals surface area (Å²) in [4.78, 5) is 41.8. The number of hydrogen-bond acceptors (Lipinski definition) is 7. The van der Waals surface area contributed by atoms with Crippen LogP contribution in [0.25, 0.3) is 0 Å². The van der Waals surface area contributed by atoms with Gasteiger partial charge in [0, 0.05) is 42.7 Å². The smallest absolute Gasteiger partial charge is 0.337 e. The van der Waals surface area contributed by atoms with Crippen molar-refractivity contribution in [1.29, 1.82) is 0 Å². The molecule has 0 spiro atoms. The summed E-state index contributed by atoms with van der Waals surface area (Å²) in [6.07, 6.45) is 4.26. The first kappa shape index (κ1) is 24.0. The molecule has 182 valence electrons. The SMILES string of the molecule is COC(=O)[C@@H]1C(=O)C2=C(C[C@H]1C)NC(C)=C(C(=O)OC1CCCC1)[C@H]2c1ccc(N(C)C)cc1. The molecule has 0 radical (unpaired) electrons. The van der Waals surface area contributed by atoms with Crippen molar-refractivity contribution < 1.29 is 23.9 Å². The molecule has 1 aromatic rings. The lowest BCUT2D eigenvalue weighted by atomic mass is 9.69. The van der Waals surface area contributed by atoms with Crippen LogP contribution in [0.2, 0.25) is 0 Å². The monoisotopic (exact) mass is 466 g/mol. The Morgan fingerprint density at radius 2 is 1.74 bits per heavy atom. The molecular weight excluding hydrogens is 432 g/mol. The highest BCUT2D eigenvalue weighted by Gasteiger charge is 2.47. The third-order valence-corrected chi connectivity index (χ3v) is 7.28. The standard InChI is InChI=1S/C27H34N2O5/c1-15-14-20-24(25(30)21(15)26(31)33-5)23(17-10-12-18(13-11-17)29(3)4)22(16(2)28-20)27(32)34-19-8-6-7-9-19/h10-13,15,19,21,23,28H,6-9,14H2,1-5H3/t15-,21+,23-/m1/s1. The zero-order chi connectivity index (χ0) is 24.6. The molecule has 1 N–H and O–H groups in total. The molecule has 0 unspecified atom stereocenters. The molecule has 34 heavy (non-hydrogen) atoms. The number of nitrogens with one attached hydrogen (secondary N) is 1. The molecule has 3 aliphatic rings. The number of dihydropyridines is 1. The molecule has 0 bridgehead atoms. The van der Waals surface area contributed by atoms with Crippen LogP contribution in [0, 0.1) is 11.8 Å². The molecule has 1 aliphatic heterocycles. The van der Waals surface area contributed by atoms with Crippen molar-refractivity contribution in [3.8, 4) is 0 Å². The Bertz CT molecular complexity index is 1050. The summed E-state index contributed by atoms with van der Waals surface area (Å²) in [6.45, 7) is 3.74. The molecule has 7 nitrogen and oxygen atoms in total. The van der Waals surface area contributed by atoms with Crippen molar-refractivity contribution in [2.75, 3.05) is 26.1 Å². The predicted molar refractivity (Wildman–Crippen MR) is 129 cm³/mol. The second kappa shape index (κ2) is 9.65. The van der Waals surface area contributed by atoms with Crippen LogP contribution in [0.15, 0.2) is 46.8 Å². The normalized spacial score (nSPS) is 25.1. The van der Waals surface area contributed by atoms with Crippen molar-refractivity contribution in [1.82, 2.24) is 5.32 Å². The Morgan fingerprint density at radius 1 is 1.09 bits per heavy atom. The first-order valence-corrected chi connectivity index (χ1v) is 12.0. The van der Waals surface area contributed by atoms with Crippen LogP contribution in [0.1, 0.15) is 57.4 Å². The topological polar surface area (TPSA) is 84.9 Å². The van der Waals surface area contributed by atoms with Crippen LogP contribution >= 0.6 is 0 Å². The lowest BCUT2D eigenvalue weighted by Gasteiger charge is -2.38. The number of methoxy groups -OCH3 is 1. The number of nitrogens with zero attached hydrogens (tertiary/aromatic N) is 1. The maximum absolute atomic E-state index is 13.8. The maximum atomic E-state index is 13.8. The van der Waals surface area contributed by atoms with Crippen molar-refractivity contribution in [2.45, 2.75) is 58.0 Å². The van der Waals surface area contributed by atoms with E-state index in [-0.39, 0.29) is 17.8 Å². The summed E-state index contributed by atoms with van der Waals surface area (Å²) in [7, 11) is 5.22. The third-order valence-electron chi connectivity index (χ3n) is 7.28. The number of esters is 2. The van der Waals surface area contributed by atoms with Crippen LogP contribution in [-0.2, 0) is 23.9 Å². The van der Waals surface area contributed by atoms with Crippen molar-refractivity contribution in [2.24, 2.45) is 11.8 Å². The summed E-state index contributed by atoms with van der Waals surface area (Å²) < 4.78 is 10.9. The number of allylic oxidation sites excluding steroid dienone is 3. The van der Waals surface area contributed by atoms with E-state index in [2.05, 4.69) is 5.32 Å². The molecule has 1 saturated carbocycles. The molecule has 7 heteroatoms. The first-order valence-electron chi connectivity index (χ1n) is 12.0. The highest BCUT2D eigenvalue weighted by molar-refractivity contribution is 6.12. The molecule has 1 fully saturated rings. The molecule has 4 rings (SSSR count).